The zero-order valence-corrected chi connectivity index (χ0v) is 13.7. The third-order valence-corrected chi connectivity index (χ3v) is 3.95. The number of amides is 1. The smallest absolute Gasteiger partial charge is 0.291 e. The number of hydrogen-bond acceptors (Lipinski definition) is 3. The van der Waals surface area contributed by atoms with Crippen LogP contribution in [-0.4, -0.2) is 13.0 Å². The summed E-state index contributed by atoms with van der Waals surface area (Å²) in [5, 5.41) is 3.75. The number of hydrogen-bond donors (Lipinski definition) is 1. The molecular formula is C17H14BrNO3. The van der Waals surface area contributed by atoms with Crippen LogP contribution in [0, 0.1) is 6.92 Å². The van der Waals surface area contributed by atoms with Gasteiger partial charge >= 0.3 is 0 Å². The van der Waals surface area contributed by atoms with Crippen molar-refractivity contribution in [1.29, 1.82) is 0 Å². The molecule has 0 aliphatic heterocycles. The molecule has 1 aromatic heterocycles. The van der Waals surface area contributed by atoms with Crippen LogP contribution < -0.4 is 10.1 Å². The number of methoxy groups -OCH3 is 1. The van der Waals surface area contributed by atoms with Crippen molar-refractivity contribution in [2.75, 3.05) is 12.4 Å². The maximum Gasteiger partial charge on any atom is 0.291 e. The number of furan rings is 1. The molecule has 5 heteroatoms. The lowest BCUT2D eigenvalue weighted by Crippen LogP contribution is -2.12. The second-order valence-corrected chi connectivity index (χ2v) is 5.77. The summed E-state index contributed by atoms with van der Waals surface area (Å²) in [6.07, 6.45) is 0. The number of nitrogens with one attached hydrogen (secondary N) is 1. The van der Waals surface area contributed by atoms with E-state index in [2.05, 4.69) is 21.2 Å². The maximum absolute atomic E-state index is 12.5. The molecule has 0 saturated carbocycles. The van der Waals surface area contributed by atoms with Gasteiger partial charge in [0.25, 0.3) is 5.91 Å². The van der Waals surface area contributed by atoms with Gasteiger partial charge in [0.05, 0.1) is 12.8 Å². The van der Waals surface area contributed by atoms with Crippen LogP contribution in [0.25, 0.3) is 11.0 Å². The van der Waals surface area contributed by atoms with Crippen LogP contribution in [0.5, 0.6) is 5.75 Å². The van der Waals surface area contributed by atoms with Gasteiger partial charge in [0.1, 0.15) is 11.3 Å². The highest BCUT2D eigenvalue weighted by atomic mass is 79.9. The standard InChI is InChI=1S/C17H14BrNO3/c1-10-12-8-7-11(18)9-15(12)22-16(10)17(20)19-13-5-3-4-6-14(13)21-2/h3-9H,1-2H3,(H,19,20). The first-order chi connectivity index (χ1) is 10.6. The molecule has 0 fully saturated rings. The molecule has 1 amide bonds. The fourth-order valence-corrected chi connectivity index (χ4v) is 2.68. The van der Waals surface area contributed by atoms with E-state index in [-0.39, 0.29) is 5.91 Å². The maximum atomic E-state index is 12.5. The Morgan fingerprint density at radius 2 is 2.00 bits per heavy atom. The van der Waals surface area contributed by atoms with Gasteiger partial charge in [0.15, 0.2) is 5.76 Å². The molecule has 0 spiro atoms. The number of rotatable bonds is 3. The first kappa shape index (κ1) is 14.7. The molecule has 0 bridgehead atoms. The van der Waals surface area contributed by atoms with E-state index in [1.165, 1.54) is 0 Å². The molecule has 2 aromatic carbocycles. The number of anilines is 1. The fraction of sp³-hybridized carbons (Fsp3) is 0.118. The Morgan fingerprint density at radius 1 is 1.23 bits per heavy atom. The molecule has 0 atom stereocenters. The third kappa shape index (κ3) is 2.60. The van der Waals surface area contributed by atoms with E-state index in [0.717, 1.165) is 15.4 Å². The second kappa shape index (κ2) is 5.85. The molecule has 112 valence electrons. The van der Waals surface area contributed by atoms with Crippen molar-refractivity contribution in [2.45, 2.75) is 6.92 Å². The van der Waals surface area contributed by atoms with Crippen LogP contribution in [0.4, 0.5) is 5.69 Å². The molecule has 22 heavy (non-hydrogen) atoms. The lowest BCUT2D eigenvalue weighted by molar-refractivity contribution is 0.0997. The normalized spacial score (nSPS) is 10.7. The number of ether oxygens (including phenoxy) is 1. The predicted octanol–water partition coefficient (Wildman–Crippen LogP) is 4.76. The van der Waals surface area contributed by atoms with Crippen molar-refractivity contribution in [3.63, 3.8) is 0 Å². The van der Waals surface area contributed by atoms with E-state index in [9.17, 15) is 4.79 Å². The summed E-state index contributed by atoms with van der Waals surface area (Å²) in [4.78, 5) is 12.5. The van der Waals surface area contributed by atoms with Crippen molar-refractivity contribution in [3.05, 3.63) is 58.3 Å². The summed E-state index contributed by atoms with van der Waals surface area (Å²) >= 11 is 3.40. The van der Waals surface area contributed by atoms with E-state index in [1.807, 2.05) is 37.3 Å². The van der Waals surface area contributed by atoms with Crippen LogP contribution in [0.1, 0.15) is 16.1 Å². The van der Waals surface area contributed by atoms with Gasteiger partial charge in [-0.2, -0.15) is 0 Å². The monoisotopic (exact) mass is 359 g/mol. The molecule has 0 aliphatic carbocycles. The average Bonchev–Trinajstić information content (AvgIpc) is 2.84. The zero-order chi connectivity index (χ0) is 15.7. The summed E-state index contributed by atoms with van der Waals surface area (Å²) in [5.74, 6) is 0.612. The predicted molar refractivity (Wildman–Crippen MR) is 89.6 cm³/mol. The Balaban J connectivity index is 1.97. The van der Waals surface area contributed by atoms with Crippen molar-refractivity contribution >= 4 is 38.5 Å². The van der Waals surface area contributed by atoms with Gasteiger partial charge < -0.3 is 14.5 Å². The van der Waals surface area contributed by atoms with Gasteiger partial charge in [-0.1, -0.05) is 28.1 Å². The Bertz CT molecular complexity index is 854. The van der Waals surface area contributed by atoms with Gasteiger partial charge in [-0.15, -0.1) is 0 Å². The lowest BCUT2D eigenvalue weighted by atomic mass is 10.1. The third-order valence-electron chi connectivity index (χ3n) is 3.46. The first-order valence-electron chi connectivity index (χ1n) is 6.73. The number of halogens is 1. The summed E-state index contributed by atoms with van der Waals surface area (Å²) in [6.45, 7) is 1.87. The van der Waals surface area contributed by atoms with Gasteiger partial charge in [0, 0.05) is 15.4 Å². The molecule has 4 nitrogen and oxygen atoms in total. The van der Waals surface area contributed by atoms with Gasteiger partial charge in [-0.05, 0) is 37.3 Å². The van der Waals surface area contributed by atoms with Crippen molar-refractivity contribution in [1.82, 2.24) is 0 Å². The zero-order valence-electron chi connectivity index (χ0n) is 12.1. The number of para-hydroxylation sites is 2. The number of aryl methyl sites for hydroxylation is 1. The highest BCUT2D eigenvalue weighted by molar-refractivity contribution is 9.10. The van der Waals surface area contributed by atoms with E-state index < -0.39 is 0 Å². The number of benzene rings is 2. The van der Waals surface area contributed by atoms with E-state index in [1.54, 1.807) is 19.2 Å². The molecule has 3 rings (SSSR count). The van der Waals surface area contributed by atoms with Crippen LogP contribution in [0.3, 0.4) is 0 Å². The Kier molecular flexibility index (Phi) is 3.90. The fourth-order valence-electron chi connectivity index (χ4n) is 2.34. The average molecular weight is 360 g/mol. The van der Waals surface area contributed by atoms with Gasteiger partial charge in [-0.3, -0.25) is 4.79 Å². The largest absolute Gasteiger partial charge is 0.495 e. The van der Waals surface area contributed by atoms with Crippen LogP contribution in [-0.2, 0) is 0 Å². The lowest BCUT2D eigenvalue weighted by Gasteiger charge is -2.08. The quantitative estimate of drug-likeness (QED) is 0.732. The van der Waals surface area contributed by atoms with Gasteiger partial charge in [-0.25, -0.2) is 0 Å². The molecule has 3 aromatic rings. The summed E-state index contributed by atoms with van der Waals surface area (Å²) in [5.41, 5.74) is 2.10. The molecule has 0 radical (unpaired) electrons. The minimum Gasteiger partial charge on any atom is -0.495 e. The Labute approximate surface area is 136 Å². The molecular weight excluding hydrogens is 346 g/mol. The first-order valence-corrected chi connectivity index (χ1v) is 7.52. The van der Waals surface area contributed by atoms with Crippen LogP contribution in [0.15, 0.2) is 51.4 Å². The van der Waals surface area contributed by atoms with Crippen molar-refractivity contribution < 1.29 is 13.9 Å². The van der Waals surface area contributed by atoms with Crippen molar-refractivity contribution in [2.24, 2.45) is 0 Å². The van der Waals surface area contributed by atoms with Crippen LogP contribution >= 0.6 is 15.9 Å². The summed E-state index contributed by atoms with van der Waals surface area (Å²) in [7, 11) is 1.56. The molecule has 0 saturated heterocycles. The minimum absolute atomic E-state index is 0.297. The molecule has 1 heterocycles. The Hall–Kier alpha value is -2.27. The summed E-state index contributed by atoms with van der Waals surface area (Å²) in [6, 6.07) is 13.0. The number of carbonyl (C=O) groups excluding carboxylic acids is 1. The molecule has 1 N–H and O–H groups in total. The number of carbonyl (C=O) groups is 1. The van der Waals surface area contributed by atoms with E-state index in [4.69, 9.17) is 9.15 Å². The molecule has 0 unspecified atom stereocenters. The highest BCUT2D eigenvalue weighted by Gasteiger charge is 2.18. The second-order valence-electron chi connectivity index (χ2n) is 4.85. The van der Waals surface area contributed by atoms with Crippen molar-refractivity contribution in [3.8, 4) is 5.75 Å². The van der Waals surface area contributed by atoms with E-state index >= 15 is 0 Å². The van der Waals surface area contributed by atoms with E-state index in [0.29, 0.717) is 22.8 Å². The topological polar surface area (TPSA) is 51.5 Å². The van der Waals surface area contributed by atoms with Gasteiger partial charge in [0.2, 0.25) is 0 Å². The summed E-state index contributed by atoms with van der Waals surface area (Å²) < 4.78 is 11.8. The molecule has 0 aliphatic rings. The SMILES string of the molecule is COc1ccccc1NC(=O)c1oc2cc(Br)ccc2c1C. The number of fused-ring (bicyclic) bond motifs is 1. The van der Waals surface area contributed by atoms with Crippen LogP contribution in [0.2, 0.25) is 0 Å². The highest BCUT2D eigenvalue weighted by Crippen LogP contribution is 2.29. The minimum atomic E-state index is -0.297. The Morgan fingerprint density at radius 3 is 2.77 bits per heavy atom.